The topological polar surface area (TPSA) is 81.2 Å². The summed E-state index contributed by atoms with van der Waals surface area (Å²) >= 11 is 0. The summed E-state index contributed by atoms with van der Waals surface area (Å²) in [7, 11) is -2.37. The van der Waals surface area contributed by atoms with Gasteiger partial charge in [0.15, 0.2) is 5.03 Å². The van der Waals surface area contributed by atoms with E-state index in [1.54, 1.807) is 6.07 Å². The SMILES string of the molecule is Cn1nccc1S(=O)(=O)N(CCCN)c1ccccc1F. The minimum absolute atomic E-state index is 0.00257. The number of aromatic nitrogens is 2. The Morgan fingerprint density at radius 2 is 2.05 bits per heavy atom. The van der Waals surface area contributed by atoms with Crippen LogP contribution in [0.25, 0.3) is 0 Å². The molecule has 0 aliphatic heterocycles. The van der Waals surface area contributed by atoms with E-state index in [0.717, 1.165) is 4.31 Å². The second-order valence-corrected chi connectivity index (χ2v) is 6.27. The van der Waals surface area contributed by atoms with E-state index in [2.05, 4.69) is 5.10 Å². The van der Waals surface area contributed by atoms with Gasteiger partial charge in [0, 0.05) is 13.6 Å². The molecule has 1 aromatic carbocycles. The summed E-state index contributed by atoms with van der Waals surface area (Å²) in [4.78, 5) is 0. The highest BCUT2D eigenvalue weighted by molar-refractivity contribution is 7.92. The molecule has 0 spiro atoms. The minimum Gasteiger partial charge on any atom is -0.330 e. The molecule has 0 bridgehead atoms. The quantitative estimate of drug-likeness (QED) is 0.866. The number of nitrogens with two attached hydrogens (primary N) is 1. The number of halogens is 1. The predicted octanol–water partition coefficient (Wildman–Crippen LogP) is 1.10. The molecule has 0 unspecified atom stereocenters. The molecule has 0 atom stereocenters. The number of benzene rings is 1. The van der Waals surface area contributed by atoms with Crippen molar-refractivity contribution in [2.75, 3.05) is 17.4 Å². The van der Waals surface area contributed by atoms with Crippen LogP contribution in [0, 0.1) is 5.82 Å². The number of aryl methyl sites for hydroxylation is 1. The largest absolute Gasteiger partial charge is 0.330 e. The molecule has 0 saturated carbocycles. The van der Waals surface area contributed by atoms with E-state index in [4.69, 9.17) is 5.73 Å². The van der Waals surface area contributed by atoms with E-state index in [0.29, 0.717) is 13.0 Å². The van der Waals surface area contributed by atoms with Crippen LogP contribution >= 0.6 is 0 Å². The fraction of sp³-hybridized carbons (Fsp3) is 0.308. The van der Waals surface area contributed by atoms with Crippen LogP contribution in [0.5, 0.6) is 0 Å². The molecule has 1 heterocycles. The molecule has 2 aromatic rings. The van der Waals surface area contributed by atoms with Crippen LogP contribution in [0.1, 0.15) is 6.42 Å². The van der Waals surface area contributed by atoms with Crippen molar-refractivity contribution in [3.05, 3.63) is 42.3 Å². The lowest BCUT2D eigenvalue weighted by Gasteiger charge is -2.24. The van der Waals surface area contributed by atoms with Gasteiger partial charge in [0.05, 0.1) is 11.9 Å². The van der Waals surface area contributed by atoms with Gasteiger partial charge in [0.2, 0.25) is 0 Å². The molecule has 2 rings (SSSR count). The van der Waals surface area contributed by atoms with Gasteiger partial charge in [-0.3, -0.25) is 8.99 Å². The van der Waals surface area contributed by atoms with E-state index in [-0.39, 0.29) is 17.3 Å². The molecule has 0 amide bonds. The van der Waals surface area contributed by atoms with Crippen molar-refractivity contribution >= 4 is 15.7 Å². The molecule has 2 N–H and O–H groups in total. The summed E-state index contributed by atoms with van der Waals surface area (Å²) in [6, 6.07) is 7.14. The van der Waals surface area contributed by atoms with Crippen LogP contribution in [0.15, 0.2) is 41.6 Å². The molecule has 6 nitrogen and oxygen atoms in total. The monoisotopic (exact) mass is 312 g/mol. The zero-order valence-corrected chi connectivity index (χ0v) is 12.4. The maximum atomic E-state index is 14.0. The van der Waals surface area contributed by atoms with Crippen molar-refractivity contribution in [1.29, 1.82) is 0 Å². The maximum Gasteiger partial charge on any atom is 0.281 e. The molecule has 0 fully saturated rings. The number of para-hydroxylation sites is 1. The first-order valence-electron chi connectivity index (χ1n) is 6.44. The Morgan fingerprint density at radius 1 is 1.33 bits per heavy atom. The molecular formula is C13H17FN4O2S. The average molecular weight is 312 g/mol. The number of hydrogen-bond donors (Lipinski definition) is 1. The van der Waals surface area contributed by atoms with Crippen molar-refractivity contribution in [2.45, 2.75) is 11.4 Å². The lowest BCUT2D eigenvalue weighted by Crippen LogP contribution is -2.34. The van der Waals surface area contributed by atoms with Gasteiger partial charge in [-0.05, 0) is 31.2 Å². The van der Waals surface area contributed by atoms with Gasteiger partial charge in [-0.1, -0.05) is 12.1 Å². The summed E-state index contributed by atoms with van der Waals surface area (Å²) in [5.74, 6) is -0.597. The number of sulfonamides is 1. The predicted molar refractivity (Wildman–Crippen MR) is 77.8 cm³/mol. The minimum atomic E-state index is -3.90. The van der Waals surface area contributed by atoms with Crippen molar-refractivity contribution in [2.24, 2.45) is 12.8 Å². The number of nitrogens with zero attached hydrogens (tertiary/aromatic N) is 3. The molecule has 0 saturated heterocycles. The lowest BCUT2D eigenvalue weighted by atomic mass is 10.3. The number of hydrogen-bond acceptors (Lipinski definition) is 4. The number of rotatable bonds is 6. The van der Waals surface area contributed by atoms with Crippen molar-refractivity contribution in [3.8, 4) is 0 Å². The van der Waals surface area contributed by atoms with E-state index in [9.17, 15) is 12.8 Å². The Kier molecular flexibility index (Phi) is 4.59. The molecule has 8 heteroatoms. The molecule has 114 valence electrons. The summed E-state index contributed by atoms with van der Waals surface area (Å²) in [5.41, 5.74) is 5.46. The highest BCUT2D eigenvalue weighted by atomic mass is 32.2. The van der Waals surface area contributed by atoms with Crippen LogP contribution < -0.4 is 10.0 Å². The van der Waals surface area contributed by atoms with Crippen molar-refractivity contribution in [3.63, 3.8) is 0 Å². The van der Waals surface area contributed by atoms with Crippen LogP contribution in [0.2, 0.25) is 0 Å². The molecule has 1 aromatic heterocycles. The van der Waals surface area contributed by atoms with E-state index in [1.807, 2.05) is 0 Å². The second kappa shape index (κ2) is 6.23. The summed E-state index contributed by atoms with van der Waals surface area (Å²) < 4.78 is 41.7. The van der Waals surface area contributed by atoms with Crippen molar-refractivity contribution < 1.29 is 12.8 Å². The molecule has 0 aliphatic rings. The van der Waals surface area contributed by atoms with E-state index < -0.39 is 15.8 Å². The standard InChI is InChI=1S/C13H17FN4O2S/c1-17-13(7-9-16-17)21(19,20)18(10-4-8-15)12-6-3-2-5-11(12)14/h2-3,5-7,9H,4,8,10,15H2,1H3. The first kappa shape index (κ1) is 15.5. The highest BCUT2D eigenvalue weighted by Gasteiger charge is 2.28. The fourth-order valence-electron chi connectivity index (χ4n) is 1.99. The zero-order valence-electron chi connectivity index (χ0n) is 11.6. The Morgan fingerprint density at radius 3 is 2.62 bits per heavy atom. The van der Waals surface area contributed by atoms with Crippen LogP contribution in [0.4, 0.5) is 10.1 Å². The third-order valence-electron chi connectivity index (χ3n) is 3.02. The van der Waals surface area contributed by atoms with Crippen LogP contribution in [0.3, 0.4) is 0 Å². The summed E-state index contributed by atoms with van der Waals surface area (Å²) in [6.45, 7) is 0.413. The molecule has 0 aliphatic carbocycles. The highest BCUT2D eigenvalue weighted by Crippen LogP contribution is 2.25. The maximum absolute atomic E-state index is 14.0. The van der Waals surface area contributed by atoms with Gasteiger partial charge in [-0.25, -0.2) is 4.39 Å². The fourth-order valence-corrected chi connectivity index (χ4v) is 3.60. The van der Waals surface area contributed by atoms with Gasteiger partial charge >= 0.3 is 0 Å². The first-order chi connectivity index (χ1) is 9.98. The third-order valence-corrected chi connectivity index (χ3v) is 4.91. The van der Waals surface area contributed by atoms with Gasteiger partial charge in [-0.15, -0.1) is 0 Å². The van der Waals surface area contributed by atoms with Gasteiger partial charge in [0.1, 0.15) is 5.82 Å². The lowest BCUT2D eigenvalue weighted by molar-refractivity contribution is 0.566. The Balaban J connectivity index is 2.51. The Hall–Kier alpha value is -1.93. The van der Waals surface area contributed by atoms with Gasteiger partial charge in [-0.2, -0.15) is 13.5 Å². The first-order valence-corrected chi connectivity index (χ1v) is 7.88. The van der Waals surface area contributed by atoms with E-state index >= 15 is 0 Å². The zero-order chi connectivity index (χ0) is 15.5. The van der Waals surface area contributed by atoms with Crippen molar-refractivity contribution in [1.82, 2.24) is 9.78 Å². The number of anilines is 1. The van der Waals surface area contributed by atoms with Gasteiger partial charge < -0.3 is 5.73 Å². The summed E-state index contributed by atoms with van der Waals surface area (Å²) in [6.07, 6.45) is 1.81. The van der Waals surface area contributed by atoms with Crippen LogP contribution in [-0.4, -0.2) is 31.3 Å². The molecule has 0 radical (unpaired) electrons. The molecule has 21 heavy (non-hydrogen) atoms. The normalized spacial score (nSPS) is 11.6. The Bertz CT molecular complexity index is 714. The summed E-state index contributed by atoms with van der Waals surface area (Å²) in [5, 5.41) is 3.86. The average Bonchev–Trinajstić information content (AvgIpc) is 2.88. The van der Waals surface area contributed by atoms with Gasteiger partial charge in [0.25, 0.3) is 10.0 Å². The third kappa shape index (κ3) is 3.06. The smallest absolute Gasteiger partial charge is 0.281 e. The van der Waals surface area contributed by atoms with E-state index in [1.165, 1.54) is 42.2 Å². The molecular weight excluding hydrogens is 295 g/mol. The Labute approximate surface area is 123 Å². The second-order valence-electron chi connectivity index (χ2n) is 4.46. The van der Waals surface area contributed by atoms with Crippen LogP contribution in [-0.2, 0) is 17.1 Å².